The second-order valence-electron chi connectivity index (χ2n) is 7.12. The summed E-state index contributed by atoms with van der Waals surface area (Å²) in [6.07, 6.45) is 1.68. The fourth-order valence-electron chi connectivity index (χ4n) is 2.68. The number of likely N-dealkylation sites (tertiary alicyclic amines) is 1. The highest BCUT2D eigenvalue weighted by Crippen LogP contribution is 2.25. The maximum atomic E-state index is 11.9. The Bertz CT molecular complexity index is 591. The van der Waals surface area contributed by atoms with Gasteiger partial charge in [0.1, 0.15) is 11.4 Å². The molecule has 0 aliphatic carbocycles. The highest BCUT2D eigenvalue weighted by molar-refractivity contribution is 7.80. The number of nitrogens with zero attached hydrogens (tertiary/aromatic N) is 3. The van der Waals surface area contributed by atoms with Crippen LogP contribution in [0.25, 0.3) is 0 Å². The number of aromatic amines is 1. The van der Waals surface area contributed by atoms with Crippen molar-refractivity contribution in [2.45, 2.75) is 58.1 Å². The summed E-state index contributed by atoms with van der Waals surface area (Å²) in [6, 6.07) is 0. The summed E-state index contributed by atoms with van der Waals surface area (Å²) in [5.74, 6) is 2.29. The normalized spacial score (nSPS) is 15.9. The van der Waals surface area contributed by atoms with E-state index < -0.39 is 11.7 Å². The Labute approximate surface area is 153 Å². The first-order chi connectivity index (χ1) is 11.8. The van der Waals surface area contributed by atoms with Crippen LogP contribution in [-0.2, 0) is 16.1 Å². The van der Waals surface area contributed by atoms with E-state index in [9.17, 15) is 9.59 Å². The molecule has 0 bridgehead atoms. The minimum absolute atomic E-state index is 0.158. The number of ether oxygens (including phenoxy) is 1. The van der Waals surface area contributed by atoms with Crippen molar-refractivity contribution in [2.24, 2.45) is 0 Å². The quantitative estimate of drug-likeness (QED) is 0.688. The van der Waals surface area contributed by atoms with Crippen molar-refractivity contribution in [3.8, 4) is 0 Å². The maximum absolute atomic E-state index is 11.9. The van der Waals surface area contributed by atoms with E-state index in [1.54, 1.807) is 0 Å². The first kappa shape index (κ1) is 19.6. The van der Waals surface area contributed by atoms with Gasteiger partial charge in [0.05, 0.1) is 6.54 Å². The largest absolute Gasteiger partial charge is 0.444 e. The molecule has 2 N–H and O–H groups in total. The minimum atomic E-state index is -0.533. The van der Waals surface area contributed by atoms with E-state index in [2.05, 4.69) is 33.1 Å². The Morgan fingerprint density at radius 1 is 1.36 bits per heavy atom. The Balaban J connectivity index is 1.80. The zero-order chi connectivity index (χ0) is 18.4. The fraction of sp³-hybridized carbons (Fsp3) is 0.750. The van der Waals surface area contributed by atoms with Crippen LogP contribution in [-0.4, -0.2) is 56.5 Å². The third kappa shape index (κ3) is 6.22. The highest BCUT2D eigenvalue weighted by atomic mass is 32.1. The predicted octanol–water partition coefficient (Wildman–Crippen LogP) is 1.86. The molecule has 9 heteroatoms. The summed E-state index contributed by atoms with van der Waals surface area (Å²) < 4.78 is 5.18. The van der Waals surface area contributed by atoms with Crippen LogP contribution in [0.1, 0.15) is 57.6 Å². The van der Waals surface area contributed by atoms with Crippen LogP contribution in [0, 0.1) is 0 Å². The van der Waals surface area contributed by atoms with E-state index in [1.165, 1.54) is 0 Å². The van der Waals surface area contributed by atoms with Gasteiger partial charge in [0.2, 0.25) is 5.91 Å². The molecule has 25 heavy (non-hydrogen) atoms. The maximum Gasteiger partial charge on any atom is 0.408 e. The summed E-state index contributed by atoms with van der Waals surface area (Å²) in [5, 5.41) is 9.76. The summed E-state index contributed by atoms with van der Waals surface area (Å²) in [7, 11) is 0. The van der Waals surface area contributed by atoms with Crippen molar-refractivity contribution in [3.63, 3.8) is 0 Å². The third-order valence-electron chi connectivity index (χ3n) is 3.89. The molecular weight excluding hydrogens is 342 g/mol. The van der Waals surface area contributed by atoms with Gasteiger partial charge >= 0.3 is 6.09 Å². The van der Waals surface area contributed by atoms with Crippen LogP contribution >= 0.6 is 12.6 Å². The lowest BCUT2D eigenvalue weighted by Crippen LogP contribution is -2.38. The molecule has 0 aromatic carbocycles. The fourth-order valence-corrected chi connectivity index (χ4v) is 2.87. The summed E-state index contributed by atoms with van der Waals surface area (Å²) in [5.41, 5.74) is -0.533. The van der Waals surface area contributed by atoms with Gasteiger partial charge in [0.25, 0.3) is 0 Å². The van der Waals surface area contributed by atoms with Crippen LogP contribution in [0.15, 0.2) is 0 Å². The number of nitrogens with one attached hydrogen (secondary N) is 2. The van der Waals surface area contributed by atoms with E-state index in [4.69, 9.17) is 4.74 Å². The molecular formula is C16H27N5O3S. The number of H-pyrrole nitrogens is 1. The Morgan fingerprint density at radius 2 is 2.04 bits per heavy atom. The topological polar surface area (TPSA) is 100 Å². The minimum Gasteiger partial charge on any atom is -0.444 e. The lowest BCUT2D eigenvalue weighted by molar-refractivity contribution is -0.131. The van der Waals surface area contributed by atoms with Crippen molar-refractivity contribution >= 4 is 24.6 Å². The molecule has 8 nitrogen and oxygen atoms in total. The predicted molar refractivity (Wildman–Crippen MR) is 96.5 cm³/mol. The number of amides is 2. The summed E-state index contributed by atoms with van der Waals surface area (Å²) in [4.78, 5) is 29.9. The SMILES string of the molecule is CC(C)(C)OC(=O)NCc1nc(C2CCN(C(=O)CCS)CC2)n[nH]1. The summed E-state index contributed by atoms with van der Waals surface area (Å²) in [6.45, 7) is 7.11. The van der Waals surface area contributed by atoms with E-state index in [0.29, 0.717) is 18.0 Å². The number of hydrogen-bond acceptors (Lipinski definition) is 6. The van der Waals surface area contributed by atoms with Crippen molar-refractivity contribution in [3.05, 3.63) is 11.6 Å². The monoisotopic (exact) mass is 369 g/mol. The van der Waals surface area contributed by atoms with Crippen LogP contribution in [0.2, 0.25) is 0 Å². The van der Waals surface area contributed by atoms with Crippen LogP contribution in [0.3, 0.4) is 0 Å². The molecule has 2 rings (SSSR count). The highest BCUT2D eigenvalue weighted by Gasteiger charge is 2.26. The van der Waals surface area contributed by atoms with Gasteiger partial charge in [0.15, 0.2) is 5.82 Å². The first-order valence-corrected chi connectivity index (χ1v) is 9.18. The number of carbonyl (C=O) groups excluding carboxylic acids is 2. The molecule has 1 saturated heterocycles. The van der Waals surface area contributed by atoms with Gasteiger partial charge in [-0.3, -0.25) is 9.89 Å². The number of thiol groups is 1. The smallest absolute Gasteiger partial charge is 0.408 e. The second-order valence-corrected chi connectivity index (χ2v) is 7.57. The van der Waals surface area contributed by atoms with Gasteiger partial charge in [-0.15, -0.1) is 0 Å². The van der Waals surface area contributed by atoms with Crippen LogP contribution in [0.5, 0.6) is 0 Å². The molecule has 140 valence electrons. The van der Waals surface area contributed by atoms with E-state index in [0.717, 1.165) is 31.8 Å². The number of aromatic nitrogens is 3. The Hall–Kier alpha value is -1.77. The number of rotatable bonds is 5. The van der Waals surface area contributed by atoms with E-state index in [-0.39, 0.29) is 18.4 Å². The van der Waals surface area contributed by atoms with Crippen molar-refractivity contribution in [2.75, 3.05) is 18.8 Å². The molecule has 2 heterocycles. The molecule has 0 radical (unpaired) electrons. The number of carbonyl (C=O) groups is 2. The van der Waals surface area contributed by atoms with Gasteiger partial charge in [-0.1, -0.05) is 0 Å². The molecule has 2 amide bonds. The molecule has 1 aliphatic heterocycles. The average Bonchev–Trinajstić information content (AvgIpc) is 3.01. The van der Waals surface area contributed by atoms with Crippen LogP contribution in [0.4, 0.5) is 4.79 Å². The zero-order valence-electron chi connectivity index (χ0n) is 15.0. The number of piperidine rings is 1. The van der Waals surface area contributed by atoms with Gasteiger partial charge in [-0.2, -0.15) is 17.7 Å². The molecule has 1 fully saturated rings. The number of hydrogen-bond donors (Lipinski definition) is 3. The standard InChI is InChI=1S/C16H27N5O3S/c1-16(2,3)24-15(23)17-10-12-18-14(20-19-12)11-4-7-21(8-5-11)13(22)6-9-25/h11,25H,4-10H2,1-3H3,(H,17,23)(H,18,19,20). The van der Waals surface area contributed by atoms with Gasteiger partial charge in [-0.25, -0.2) is 9.78 Å². The van der Waals surface area contributed by atoms with E-state index >= 15 is 0 Å². The lowest BCUT2D eigenvalue weighted by atomic mass is 9.96. The molecule has 0 atom stereocenters. The molecule has 0 saturated carbocycles. The third-order valence-corrected chi connectivity index (χ3v) is 4.11. The molecule has 1 aliphatic rings. The summed E-state index contributed by atoms with van der Waals surface area (Å²) >= 11 is 4.10. The lowest BCUT2D eigenvalue weighted by Gasteiger charge is -2.30. The van der Waals surface area contributed by atoms with Gasteiger partial charge in [-0.05, 0) is 39.4 Å². The average molecular weight is 369 g/mol. The zero-order valence-corrected chi connectivity index (χ0v) is 15.9. The Kier molecular flexibility index (Phi) is 6.69. The van der Waals surface area contributed by atoms with Crippen LogP contribution < -0.4 is 5.32 Å². The van der Waals surface area contributed by atoms with Crippen molar-refractivity contribution in [1.29, 1.82) is 0 Å². The number of alkyl carbamates (subject to hydrolysis) is 1. The van der Waals surface area contributed by atoms with Crippen molar-refractivity contribution in [1.82, 2.24) is 25.4 Å². The van der Waals surface area contributed by atoms with Crippen molar-refractivity contribution < 1.29 is 14.3 Å². The van der Waals surface area contributed by atoms with Gasteiger partial charge in [0, 0.05) is 25.4 Å². The Morgan fingerprint density at radius 3 is 2.64 bits per heavy atom. The molecule has 0 spiro atoms. The first-order valence-electron chi connectivity index (χ1n) is 8.55. The molecule has 1 aromatic heterocycles. The molecule has 0 unspecified atom stereocenters. The molecule has 1 aromatic rings. The second kappa shape index (κ2) is 8.55. The van der Waals surface area contributed by atoms with Gasteiger partial charge < -0.3 is 15.0 Å². The van der Waals surface area contributed by atoms with E-state index in [1.807, 2.05) is 25.7 Å².